The third-order valence-electron chi connectivity index (χ3n) is 3.51. The summed E-state index contributed by atoms with van der Waals surface area (Å²) in [6, 6.07) is 0.614. The van der Waals surface area contributed by atoms with Gasteiger partial charge in [-0.2, -0.15) is 0 Å². The molecule has 0 heterocycles. The summed E-state index contributed by atoms with van der Waals surface area (Å²) in [6.45, 7) is 12.7. The van der Waals surface area contributed by atoms with E-state index in [9.17, 15) is 0 Å². The lowest BCUT2D eigenvalue weighted by Gasteiger charge is -2.33. The minimum atomic E-state index is 0.589. The Morgan fingerprint density at radius 2 is 1.88 bits per heavy atom. The van der Waals surface area contributed by atoms with Crippen LogP contribution in [0.2, 0.25) is 0 Å². The predicted octanol–water partition coefficient (Wildman–Crippen LogP) is 1.96. The van der Waals surface area contributed by atoms with Crippen molar-refractivity contribution in [2.75, 3.05) is 33.4 Å². The molecule has 0 amide bonds. The highest BCUT2D eigenvalue weighted by molar-refractivity contribution is 4.73. The quantitative estimate of drug-likeness (QED) is 0.658. The fraction of sp³-hybridized carbons (Fsp3) is 1.00. The molecule has 0 radical (unpaired) electrons. The molecule has 2 atom stereocenters. The van der Waals surface area contributed by atoms with Gasteiger partial charge in [0.25, 0.3) is 0 Å². The number of hydrogen-bond acceptors (Lipinski definition) is 3. The van der Waals surface area contributed by atoms with E-state index in [2.05, 4.69) is 32.6 Å². The molecule has 0 saturated carbocycles. The molecule has 3 nitrogen and oxygen atoms in total. The molecule has 0 fully saturated rings. The van der Waals surface area contributed by atoms with E-state index >= 15 is 0 Å². The number of nitrogens with two attached hydrogens (primary N) is 1. The normalized spacial score (nSPS) is 15.8. The van der Waals surface area contributed by atoms with Crippen molar-refractivity contribution in [3.63, 3.8) is 0 Å². The van der Waals surface area contributed by atoms with Gasteiger partial charge in [0.2, 0.25) is 0 Å². The molecule has 2 N–H and O–H groups in total. The third kappa shape index (κ3) is 5.83. The van der Waals surface area contributed by atoms with Crippen LogP contribution in [-0.2, 0) is 4.74 Å². The molecule has 0 aromatic rings. The van der Waals surface area contributed by atoms with Crippen LogP contribution in [0.25, 0.3) is 0 Å². The molecule has 3 heteroatoms. The van der Waals surface area contributed by atoms with E-state index in [-0.39, 0.29) is 0 Å². The van der Waals surface area contributed by atoms with Gasteiger partial charge in [-0.05, 0) is 31.7 Å². The van der Waals surface area contributed by atoms with Crippen molar-refractivity contribution in [1.82, 2.24) is 4.90 Å². The Hall–Kier alpha value is -0.120. The Kier molecular flexibility index (Phi) is 8.90. The van der Waals surface area contributed by atoms with Gasteiger partial charge in [0.15, 0.2) is 0 Å². The van der Waals surface area contributed by atoms with Gasteiger partial charge in [-0.1, -0.05) is 20.8 Å². The summed E-state index contributed by atoms with van der Waals surface area (Å²) in [5, 5.41) is 0. The minimum absolute atomic E-state index is 0.589. The van der Waals surface area contributed by atoms with E-state index < -0.39 is 0 Å². The van der Waals surface area contributed by atoms with E-state index in [1.807, 2.05) is 0 Å². The highest BCUT2D eigenvalue weighted by Gasteiger charge is 2.19. The Morgan fingerprint density at radius 3 is 2.25 bits per heavy atom. The van der Waals surface area contributed by atoms with Crippen LogP contribution in [0.1, 0.15) is 34.1 Å². The largest absolute Gasteiger partial charge is 0.383 e. The van der Waals surface area contributed by atoms with Crippen molar-refractivity contribution in [1.29, 1.82) is 0 Å². The van der Waals surface area contributed by atoms with Gasteiger partial charge in [0.05, 0.1) is 6.61 Å². The van der Waals surface area contributed by atoms with E-state index in [4.69, 9.17) is 10.5 Å². The predicted molar refractivity (Wildman–Crippen MR) is 70.6 cm³/mol. The van der Waals surface area contributed by atoms with Gasteiger partial charge in [0.1, 0.15) is 0 Å². The summed E-state index contributed by atoms with van der Waals surface area (Å²) >= 11 is 0. The zero-order valence-corrected chi connectivity index (χ0v) is 11.7. The summed E-state index contributed by atoms with van der Waals surface area (Å²) < 4.78 is 5.17. The second-order valence-corrected chi connectivity index (χ2v) is 4.98. The molecule has 0 bridgehead atoms. The highest BCUT2D eigenvalue weighted by atomic mass is 16.5. The summed E-state index contributed by atoms with van der Waals surface area (Å²) in [4.78, 5) is 2.50. The average molecular weight is 230 g/mol. The van der Waals surface area contributed by atoms with Crippen molar-refractivity contribution >= 4 is 0 Å². The van der Waals surface area contributed by atoms with E-state index in [0.717, 1.165) is 26.2 Å². The highest BCUT2D eigenvalue weighted by Crippen LogP contribution is 2.14. The van der Waals surface area contributed by atoms with Gasteiger partial charge in [-0.25, -0.2) is 0 Å². The number of methoxy groups -OCH3 is 1. The van der Waals surface area contributed by atoms with Gasteiger partial charge < -0.3 is 10.5 Å². The maximum atomic E-state index is 5.83. The van der Waals surface area contributed by atoms with Crippen molar-refractivity contribution in [3.05, 3.63) is 0 Å². The molecule has 0 aromatic heterocycles. The fourth-order valence-electron chi connectivity index (χ4n) is 1.82. The Morgan fingerprint density at radius 1 is 1.25 bits per heavy atom. The van der Waals surface area contributed by atoms with Gasteiger partial charge >= 0.3 is 0 Å². The van der Waals surface area contributed by atoms with Crippen LogP contribution in [0.4, 0.5) is 0 Å². The Labute approximate surface area is 101 Å². The molecule has 0 aliphatic rings. The Bertz CT molecular complexity index is 162. The van der Waals surface area contributed by atoms with Crippen molar-refractivity contribution in [2.45, 2.75) is 40.2 Å². The van der Waals surface area contributed by atoms with Crippen LogP contribution in [0.3, 0.4) is 0 Å². The lowest BCUT2D eigenvalue weighted by molar-refractivity contribution is 0.102. The molecule has 0 saturated heterocycles. The molecule has 2 unspecified atom stereocenters. The molecule has 98 valence electrons. The molecular formula is C13H30N2O. The maximum Gasteiger partial charge on any atom is 0.0589 e. The van der Waals surface area contributed by atoms with Crippen LogP contribution in [-0.4, -0.2) is 44.3 Å². The third-order valence-corrected chi connectivity index (χ3v) is 3.51. The number of rotatable bonds is 9. The zero-order valence-electron chi connectivity index (χ0n) is 11.7. The van der Waals surface area contributed by atoms with Crippen LogP contribution in [0.5, 0.6) is 0 Å². The second kappa shape index (κ2) is 8.97. The first-order valence-electron chi connectivity index (χ1n) is 6.49. The molecule has 0 aliphatic carbocycles. The van der Waals surface area contributed by atoms with Crippen LogP contribution in [0, 0.1) is 11.8 Å². The van der Waals surface area contributed by atoms with Crippen LogP contribution >= 0.6 is 0 Å². The van der Waals surface area contributed by atoms with Crippen LogP contribution in [0.15, 0.2) is 0 Å². The van der Waals surface area contributed by atoms with Gasteiger partial charge in [-0.15, -0.1) is 0 Å². The zero-order chi connectivity index (χ0) is 12.6. The minimum Gasteiger partial charge on any atom is -0.383 e. The smallest absolute Gasteiger partial charge is 0.0589 e. The van der Waals surface area contributed by atoms with Gasteiger partial charge in [0, 0.05) is 26.2 Å². The lowest BCUT2D eigenvalue weighted by atomic mass is 9.95. The molecule has 0 aromatic carbocycles. The second-order valence-electron chi connectivity index (χ2n) is 4.98. The molecular weight excluding hydrogens is 200 g/mol. The maximum absolute atomic E-state index is 5.83. The van der Waals surface area contributed by atoms with Crippen LogP contribution < -0.4 is 5.73 Å². The first kappa shape index (κ1) is 15.9. The molecule has 16 heavy (non-hydrogen) atoms. The average Bonchev–Trinajstić information content (AvgIpc) is 2.28. The standard InChI is InChI=1S/C13H30N2O/c1-6-12(4)15(7-8-16-5)10-13(9-14)11(2)3/h11-13H,6-10,14H2,1-5H3. The van der Waals surface area contributed by atoms with Crippen molar-refractivity contribution in [2.24, 2.45) is 17.6 Å². The summed E-state index contributed by atoms with van der Waals surface area (Å²) in [7, 11) is 1.76. The topological polar surface area (TPSA) is 38.5 Å². The summed E-state index contributed by atoms with van der Waals surface area (Å²) in [5.41, 5.74) is 5.83. The first-order chi connectivity index (χ1) is 7.56. The molecule has 0 aliphatic heterocycles. The lowest BCUT2D eigenvalue weighted by Crippen LogP contribution is -2.42. The van der Waals surface area contributed by atoms with Crippen molar-refractivity contribution < 1.29 is 4.74 Å². The number of hydrogen-bond donors (Lipinski definition) is 1. The Balaban J connectivity index is 4.27. The van der Waals surface area contributed by atoms with E-state index in [1.165, 1.54) is 6.42 Å². The monoisotopic (exact) mass is 230 g/mol. The van der Waals surface area contributed by atoms with Gasteiger partial charge in [-0.3, -0.25) is 4.90 Å². The van der Waals surface area contributed by atoms with E-state index in [0.29, 0.717) is 17.9 Å². The fourth-order valence-corrected chi connectivity index (χ4v) is 1.82. The summed E-state index contributed by atoms with van der Waals surface area (Å²) in [5.74, 6) is 1.24. The molecule has 0 rings (SSSR count). The molecule has 0 spiro atoms. The first-order valence-corrected chi connectivity index (χ1v) is 6.49. The summed E-state index contributed by atoms with van der Waals surface area (Å²) in [6.07, 6.45) is 1.18. The SMILES string of the molecule is CCC(C)N(CCOC)CC(CN)C(C)C. The number of nitrogens with zero attached hydrogens (tertiary/aromatic N) is 1. The van der Waals surface area contributed by atoms with Crippen molar-refractivity contribution in [3.8, 4) is 0 Å². The number of ether oxygens (including phenoxy) is 1. The van der Waals surface area contributed by atoms with E-state index in [1.54, 1.807) is 7.11 Å².